The Morgan fingerprint density at radius 1 is 0.446 bits per heavy atom. The van der Waals surface area contributed by atoms with Crippen LogP contribution in [0.25, 0.3) is 71.6 Å². The second kappa shape index (κ2) is 13.9. The number of nitrogens with zero attached hydrogens (tertiary/aromatic N) is 7. The summed E-state index contributed by atoms with van der Waals surface area (Å²) < 4.78 is 4.33. The number of fused-ring (bicyclic) bond motifs is 6. The van der Waals surface area contributed by atoms with E-state index in [0.717, 1.165) is 77.1 Å². The number of aromatic nitrogens is 4. The maximum Gasteiger partial charge on any atom is 0.185 e. The second-order valence-electron chi connectivity index (χ2n) is 13.6. The lowest BCUT2D eigenvalue weighted by molar-refractivity contribution is 0.960. The highest BCUT2D eigenvalue weighted by atomic mass is 15.4. The van der Waals surface area contributed by atoms with Crippen molar-refractivity contribution in [3.05, 3.63) is 200 Å². The Bertz CT molecular complexity index is 3070. The van der Waals surface area contributed by atoms with E-state index < -0.39 is 0 Å². The summed E-state index contributed by atoms with van der Waals surface area (Å²) in [5.74, 6) is 0.825. The molecule has 7 nitrogen and oxygen atoms in total. The summed E-state index contributed by atoms with van der Waals surface area (Å²) in [6.45, 7) is 4.00. The highest BCUT2D eigenvalue weighted by Gasteiger charge is 2.19. The van der Waals surface area contributed by atoms with Crippen LogP contribution in [0.1, 0.15) is 11.1 Å². The maximum absolute atomic E-state index is 5.34. The highest BCUT2D eigenvalue weighted by molar-refractivity contribution is 6.19. The van der Waals surface area contributed by atoms with Gasteiger partial charge in [-0.1, -0.05) is 115 Å². The summed E-state index contributed by atoms with van der Waals surface area (Å²) >= 11 is 0. The van der Waals surface area contributed by atoms with E-state index in [2.05, 4.69) is 154 Å². The third-order valence-corrected chi connectivity index (χ3v) is 10.2. The lowest BCUT2D eigenvalue weighted by atomic mass is 9.96. The van der Waals surface area contributed by atoms with Gasteiger partial charge in [-0.05, 0) is 83.6 Å². The van der Waals surface area contributed by atoms with E-state index in [1.807, 2.05) is 47.1 Å². The molecule has 0 amide bonds. The molecule has 0 aliphatic heterocycles. The number of hydrogen-bond donors (Lipinski definition) is 0. The van der Waals surface area contributed by atoms with Crippen LogP contribution in [0.4, 0.5) is 0 Å². The first-order valence-electron chi connectivity index (χ1n) is 18.4. The predicted octanol–water partition coefficient (Wildman–Crippen LogP) is 11.4. The van der Waals surface area contributed by atoms with Crippen LogP contribution in [-0.2, 0) is 0 Å². The molecule has 56 heavy (non-hydrogen) atoms. The minimum Gasteiger partial charge on any atom is -0.309 e. The van der Waals surface area contributed by atoms with Gasteiger partial charge in [0.25, 0.3) is 0 Å². The van der Waals surface area contributed by atoms with Crippen molar-refractivity contribution < 1.29 is 0 Å². The molecule has 264 valence electrons. The van der Waals surface area contributed by atoms with E-state index in [0.29, 0.717) is 17.2 Å². The van der Waals surface area contributed by atoms with E-state index in [4.69, 9.17) is 10.1 Å². The van der Waals surface area contributed by atoms with Gasteiger partial charge in [-0.2, -0.15) is 0 Å². The fourth-order valence-corrected chi connectivity index (χ4v) is 7.67. The van der Waals surface area contributed by atoms with E-state index >= 15 is 0 Å². The van der Waals surface area contributed by atoms with Crippen LogP contribution in [0.15, 0.2) is 204 Å². The van der Waals surface area contributed by atoms with Crippen molar-refractivity contribution >= 4 is 62.0 Å². The molecule has 3 heterocycles. The SMILES string of the molecule is C=NC(=N/C(=N\n1c2ccccc2c2cc3c(cc21)c1ccccc1n3-c1ccccc1)c1cncnc1)c1cc(-c2ccccc2)cc(-c2ccccc2)c1. The minimum atomic E-state index is 0.397. The van der Waals surface area contributed by atoms with Gasteiger partial charge in [0.1, 0.15) is 6.33 Å². The zero-order valence-corrected chi connectivity index (χ0v) is 30.2. The Morgan fingerprint density at radius 3 is 1.62 bits per heavy atom. The van der Waals surface area contributed by atoms with Crippen molar-refractivity contribution in [2.45, 2.75) is 0 Å². The summed E-state index contributed by atoms with van der Waals surface area (Å²) in [5.41, 5.74) is 11.0. The minimum absolute atomic E-state index is 0.397. The van der Waals surface area contributed by atoms with E-state index in [9.17, 15) is 0 Å². The average molecular weight is 720 g/mol. The van der Waals surface area contributed by atoms with Gasteiger partial charge >= 0.3 is 0 Å². The molecule has 0 aliphatic rings. The first kappa shape index (κ1) is 32.8. The van der Waals surface area contributed by atoms with Crippen LogP contribution in [0.5, 0.6) is 0 Å². The van der Waals surface area contributed by atoms with Gasteiger partial charge < -0.3 is 4.57 Å². The molecule has 10 aromatic rings. The molecule has 10 rings (SSSR count). The van der Waals surface area contributed by atoms with Gasteiger partial charge in [-0.3, -0.25) is 0 Å². The Kier molecular flexibility index (Phi) is 8.15. The van der Waals surface area contributed by atoms with E-state index in [1.165, 1.54) is 6.33 Å². The molecule has 0 N–H and O–H groups in total. The first-order chi connectivity index (χ1) is 27.7. The van der Waals surface area contributed by atoms with Crippen molar-refractivity contribution in [3.8, 4) is 27.9 Å². The van der Waals surface area contributed by atoms with E-state index in [1.54, 1.807) is 12.4 Å². The molecule has 7 heteroatoms. The van der Waals surface area contributed by atoms with Gasteiger partial charge in [-0.15, -0.1) is 5.10 Å². The van der Waals surface area contributed by atoms with Crippen molar-refractivity contribution in [2.75, 3.05) is 0 Å². The summed E-state index contributed by atoms with van der Waals surface area (Å²) in [6, 6.07) is 59.0. The van der Waals surface area contributed by atoms with Gasteiger partial charge in [0.05, 0.1) is 27.6 Å². The van der Waals surface area contributed by atoms with Crippen LogP contribution in [-0.4, -0.2) is 37.6 Å². The Hall–Kier alpha value is -7.77. The molecule has 3 aromatic heterocycles. The lowest BCUT2D eigenvalue weighted by Crippen LogP contribution is -2.08. The standard InChI is InChI=1S/C49H33N7/c1-50-48(37-26-35(33-15-5-2-6-16-33)25-36(27-37)34-17-7-3-8-18-34)53-49(38-30-51-32-52-31-38)54-56-45-24-14-12-22-41(45)43-28-46-42(29-47(43)56)40-21-11-13-23-44(40)55(46)39-19-9-4-10-20-39/h2-32H,1H2/b53-48?,54-49-. The smallest absolute Gasteiger partial charge is 0.185 e. The van der Waals surface area contributed by atoms with Crippen LogP contribution in [0.2, 0.25) is 0 Å². The molecular weight excluding hydrogens is 687 g/mol. The largest absolute Gasteiger partial charge is 0.309 e. The first-order valence-corrected chi connectivity index (χ1v) is 18.4. The molecule has 0 atom stereocenters. The van der Waals surface area contributed by atoms with Crippen LogP contribution < -0.4 is 0 Å². The molecule has 0 bridgehead atoms. The number of hydrogen-bond acceptors (Lipinski definition) is 3. The van der Waals surface area contributed by atoms with Gasteiger partial charge in [0, 0.05) is 45.2 Å². The molecule has 0 fully saturated rings. The van der Waals surface area contributed by atoms with E-state index in [-0.39, 0.29) is 0 Å². The van der Waals surface area contributed by atoms with Gasteiger partial charge in [0.2, 0.25) is 0 Å². The average Bonchev–Trinajstić information content (AvgIpc) is 3.76. The summed E-state index contributed by atoms with van der Waals surface area (Å²) in [7, 11) is 0. The van der Waals surface area contributed by atoms with Crippen LogP contribution in [0, 0.1) is 0 Å². The van der Waals surface area contributed by atoms with Gasteiger partial charge in [-0.25, -0.2) is 24.6 Å². The zero-order chi connectivity index (χ0) is 37.4. The Morgan fingerprint density at radius 2 is 0.982 bits per heavy atom. The Labute approximate surface area is 322 Å². The molecule has 0 saturated carbocycles. The molecule has 0 spiro atoms. The Balaban J connectivity index is 1.22. The molecule has 0 aliphatic carbocycles. The van der Waals surface area contributed by atoms with Crippen molar-refractivity contribution in [1.29, 1.82) is 0 Å². The lowest BCUT2D eigenvalue weighted by Gasteiger charge is -2.11. The third kappa shape index (κ3) is 5.75. The number of para-hydroxylation sites is 3. The maximum atomic E-state index is 5.34. The van der Waals surface area contributed by atoms with Crippen molar-refractivity contribution in [2.24, 2.45) is 15.1 Å². The second-order valence-corrected chi connectivity index (χ2v) is 13.6. The molecule has 0 radical (unpaired) electrons. The molecule has 0 saturated heterocycles. The number of rotatable bonds is 6. The molecule has 0 unspecified atom stereocenters. The zero-order valence-electron chi connectivity index (χ0n) is 30.2. The number of aliphatic imine (C=N–C) groups is 2. The monoisotopic (exact) mass is 719 g/mol. The number of benzene rings is 7. The van der Waals surface area contributed by atoms with Crippen molar-refractivity contribution in [1.82, 2.24) is 19.2 Å². The topological polar surface area (TPSA) is 72.7 Å². The fourth-order valence-electron chi connectivity index (χ4n) is 7.67. The molecule has 7 aromatic carbocycles. The van der Waals surface area contributed by atoms with Crippen molar-refractivity contribution in [3.63, 3.8) is 0 Å². The normalized spacial score (nSPS) is 12.2. The summed E-state index contributed by atoms with van der Waals surface area (Å²) in [6.07, 6.45) is 4.96. The number of amidine groups is 2. The third-order valence-electron chi connectivity index (χ3n) is 10.2. The van der Waals surface area contributed by atoms with Crippen LogP contribution >= 0.6 is 0 Å². The quantitative estimate of drug-likeness (QED) is 0.127. The predicted molar refractivity (Wildman–Crippen MR) is 231 cm³/mol. The fraction of sp³-hybridized carbons (Fsp3) is 0. The van der Waals surface area contributed by atoms with Crippen LogP contribution in [0.3, 0.4) is 0 Å². The summed E-state index contributed by atoms with van der Waals surface area (Å²) in [4.78, 5) is 18.4. The highest BCUT2D eigenvalue weighted by Crippen LogP contribution is 2.38. The van der Waals surface area contributed by atoms with Gasteiger partial charge in [0.15, 0.2) is 11.7 Å². The molecular formula is C49H33N7. The summed E-state index contributed by atoms with van der Waals surface area (Å²) in [5, 5.41) is 9.79.